The van der Waals surface area contributed by atoms with E-state index in [1.807, 2.05) is 48.5 Å². The number of hydrogen-bond donors (Lipinski definition) is 0. The molecule has 104 valence electrons. The summed E-state index contributed by atoms with van der Waals surface area (Å²) in [6.45, 7) is 0. The van der Waals surface area contributed by atoms with Gasteiger partial charge in [0.2, 0.25) is 5.89 Å². The lowest BCUT2D eigenvalue weighted by Crippen LogP contribution is -2.03. The minimum Gasteiger partial charge on any atom is -0.445 e. The number of nitrogens with zero attached hydrogens (tertiary/aromatic N) is 1. The monoisotopic (exact) mass is 277 g/mol. The van der Waals surface area contributed by atoms with Crippen LogP contribution in [0.3, 0.4) is 0 Å². The summed E-state index contributed by atoms with van der Waals surface area (Å²) < 4.78 is 5.65. The fourth-order valence-corrected chi connectivity index (χ4v) is 2.17. The first-order valence-corrected chi connectivity index (χ1v) is 6.87. The van der Waals surface area contributed by atoms with Gasteiger partial charge in [-0.2, -0.15) is 0 Å². The number of carbonyl (C=O) groups excluding carboxylic acids is 1. The zero-order chi connectivity index (χ0) is 14.5. The predicted octanol–water partition coefficient (Wildman–Crippen LogP) is 3.69. The number of hydrogen-bond acceptors (Lipinski definition) is 3. The third kappa shape index (κ3) is 3.45. The lowest BCUT2D eigenvalue weighted by Gasteiger charge is -1.98. The zero-order valence-corrected chi connectivity index (χ0v) is 11.5. The molecule has 1 heterocycles. The van der Waals surface area contributed by atoms with Gasteiger partial charge in [0.25, 0.3) is 0 Å². The van der Waals surface area contributed by atoms with Crippen LogP contribution in [0.25, 0.3) is 0 Å². The minimum absolute atomic E-state index is 0.0173. The molecule has 3 rings (SSSR count). The maximum Gasteiger partial charge on any atom is 0.202 e. The van der Waals surface area contributed by atoms with E-state index in [4.69, 9.17) is 4.42 Å². The average Bonchev–Trinajstić information content (AvgIpc) is 2.96. The van der Waals surface area contributed by atoms with E-state index in [0.29, 0.717) is 17.9 Å². The molecule has 1 aromatic heterocycles. The molecule has 2 aromatic carbocycles. The highest BCUT2D eigenvalue weighted by Crippen LogP contribution is 2.12. The second kappa shape index (κ2) is 6.18. The summed E-state index contributed by atoms with van der Waals surface area (Å²) in [5.41, 5.74) is 1.84. The molecule has 0 aliphatic heterocycles. The van der Waals surface area contributed by atoms with Crippen molar-refractivity contribution in [3.63, 3.8) is 0 Å². The molecule has 0 bridgehead atoms. The second-order valence-corrected chi connectivity index (χ2v) is 4.85. The van der Waals surface area contributed by atoms with Crippen LogP contribution in [0.5, 0.6) is 0 Å². The summed E-state index contributed by atoms with van der Waals surface area (Å²) in [6.07, 6.45) is 2.58. The van der Waals surface area contributed by atoms with Crippen molar-refractivity contribution in [2.24, 2.45) is 0 Å². The molecule has 3 aromatic rings. The van der Waals surface area contributed by atoms with Gasteiger partial charge in [0.15, 0.2) is 5.78 Å². The Balaban J connectivity index is 1.67. The fourth-order valence-electron chi connectivity index (χ4n) is 2.17. The second-order valence-electron chi connectivity index (χ2n) is 4.85. The minimum atomic E-state index is 0.0173. The van der Waals surface area contributed by atoms with E-state index in [1.54, 1.807) is 18.3 Å². The Bertz CT molecular complexity index is 717. The molecule has 0 aliphatic rings. The standard InChI is InChI=1S/C18H15NO2/c20-17(15-9-5-2-6-10-15)12-18-19-13-16(21-18)11-14-7-3-1-4-8-14/h1-10,13H,11-12H2. The van der Waals surface area contributed by atoms with Gasteiger partial charge < -0.3 is 4.42 Å². The van der Waals surface area contributed by atoms with E-state index in [2.05, 4.69) is 4.98 Å². The van der Waals surface area contributed by atoms with Crippen LogP contribution in [0.15, 0.2) is 71.3 Å². The van der Waals surface area contributed by atoms with Crippen molar-refractivity contribution >= 4 is 5.78 Å². The lowest BCUT2D eigenvalue weighted by atomic mass is 10.1. The summed E-state index contributed by atoms with van der Waals surface area (Å²) in [7, 11) is 0. The Morgan fingerprint density at radius 1 is 0.952 bits per heavy atom. The molecular weight excluding hydrogens is 262 g/mol. The van der Waals surface area contributed by atoms with Gasteiger partial charge in [-0.25, -0.2) is 4.98 Å². The Morgan fingerprint density at radius 3 is 2.33 bits per heavy atom. The summed E-state index contributed by atoms with van der Waals surface area (Å²) in [6, 6.07) is 19.2. The largest absolute Gasteiger partial charge is 0.445 e. The lowest BCUT2D eigenvalue weighted by molar-refractivity contribution is 0.0985. The van der Waals surface area contributed by atoms with Crippen LogP contribution in [0.2, 0.25) is 0 Å². The van der Waals surface area contributed by atoms with E-state index in [1.165, 1.54) is 0 Å². The smallest absolute Gasteiger partial charge is 0.202 e. The number of benzene rings is 2. The van der Waals surface area contributed by atoms with Crippen LogP contribution in [0, 0.1) is 0 Å². The van der Waals surface area contributed by atoms with Crippen LogP contribution in [-0.4, -0.2) is 10.8 Å². The molecule has 0 fully saturated rings. The first kappa shape index (κ1) is 13.3. The number of aromatic nitrogens is 1. The van der Waals surface area contributed by atoms with E-state index in [9.17, 15) is 4.79 Å². The fraction of sp³-hybridized carbons (Fsp3) is 0.111. The molecular formula is C18H15NO2. The van der Waals surface area contributed by atoms with E-state index < -0.39 is 0 Å². The molecule has 0 radical (unpaired) electrons. The van der Waals surface area contributed by atoms with Crippen molar-refractivity contribution in [3.05, 3.63) is 89.6 Å². The predicted molar refractivity (Wildman–Crippen MR) is 80.2 cm³/mol. The topological polar surface area (TPSA) is 43.1 Å². The molecule has 0 amide bonds. The number of rotatable bonds is 5. The maximum absolute atomic E-state index is 12.1. The van der Waals surface area contributed by atoms with Gasteiger partial charge in [-0.3, -0.25) is 4.79 Å². The van der Waals surface area contributed by atoms with Crippen LogP contribution >= 0.6 is 0 Å². The first-order valence-electron chi connectivity index (χ1n) is 6.87. The van der Waals surface area contributed by atoms with Crippen molar-refractivity contribution in [3.8, 4) is 0 Å². The Kier molecular flexibility index (Phi) is 3.92. The number of oxazole rings is 1. The van der Waals surface area contributed by atoms with Crippen LogP contribution in [-0.2, 0) is 12.8 Å². The van der Waals surface area contributed by atoms with Gasteiger partial charge in [0.1, 0.15) is 5.76 Å². The summed E-state index contributed by atoms with van der Waals surface area (Å²) >= 11 is 0. The maximum atomic E-state index is 12.1. The quantitative estimate of drug-likeness (QED) is 0.668. The van der Waals surface area contributed by atoms with Gasteiger partial charge in [-0.15, -0.1) is 0 Å². The van der Waals surface area contributed by atoms with E-state index >= 15 is 0 Å². The van der Waals surface area contributed by atoms with Crippen molar-refractivity contribution in [2.45, 2.75) is 12.8 Å². The van der Waals surface area contributed by atoms with Crippen molar-refractivity contribution in [1.29, 1.82) is 0 Å². The van der Waals surface area contributed by atoms with Gasteiger partial charge in [0, 0.05) is 12.0 Å². The molecule has 0 N–H and O–H groups in total. The molecule has 21 heavy (non-hydrogen) atoms. The van der Waals surface area contributed by atoms with Gasteiger partial charge in [-0.05, 0) is 5.56 Å². The van der Waals surface area contributed by atoms with Crippen LogP contribution in [0.4, 0.5) is 0 Å². The Morgan fingerprint density at radius 2 is 1.62 bits per heavy atom. The molecule has 3 heteroatoms. The van der Waals surface area contributed by atoms with E-state index in [-0.39, 0.29) is 12.2 Å². The molecule has 0 unspecified atom stereocenters. The highest BCUT2D eigenvalue weighted by molar-refractivity contribution is 5.96. The first-order chi connectivity index (χ1) is 10.3. The normalized spacial score (nSPS) is 10.5. The molecule has 0 aliphatic carbocycles. The van der Waals surface area contributed by atoms with Gasteiger partial charge >= 0.3 is 0 Å². The Hall–Kier alpha value is -2.68. The molecule has 3 nitrogen and oxygen atoms in total. The van der Waals surface area contributed by atoms with Gasteiger partial charge in [0.05, 0.1) is 12.6 Å². The van der Waals surface area contributed by atoms with Crippen molar-refractivity contribution in [1.82, 2.24) is 4.98 Å². The molecule has 0 saturated heterocycles. The van der Waals surface area contributed by atoms with Crippen molar-refractivity contribution in [2.75, 3.05) is 0 Å². The summed E-state index contributed by atoms with van der Waals surface area (Å²) in [5.74, 6) is 1.26. The average molecular weight is 277 g/mol. The molecule has 0 saturated carbocycles. The third-order valence-corrected chi connectivity index (χ3v) is 3.23. The summed E-state index contributed by atoms with van der Waals surface area (Å²) in [4.78, 5) is 16.3. The van der Waals surface area contributed by atoms with Gasteiger partial charge in [-0.1, -0.05) is 60.7 Å². The highest BCUT2D eigenvalue weighted by atomic mass is 16.4. The van der Waals surface area contributed by atoms with E-state index in [0.717, 1.165) is 11.3 Å². The molecule has 0 spiro atoms. The van der Waals surface area contributed by atoms with Crippen LogP contribution < -0.4 is 0 Å². The number of Topliss-reactive ketones (excluding diaryl/α,β-unsaturated/α-hetero) is 1. The summed E-state index contributed by atoms with van der Waals surface area (Å²) in [5, 5.41) is 0. The third-order valence-electron chi connectivity index (χ3n) is 3.23. The highest BCUT2D eigenvalue weighted by Gasteiger charge is 2.11. The SMILES string of the molecule is O=C(Cc1ncc(Cc2ccccc2)o1)c1ccccc1. The zero-order valence-electron chi connectivity index (χ0n) is 11.5. The van der Waals surface area contributed by atoms with Crippen LogP contribution in [0.1, 0.15) is 27.6 Å². The number of ketones is 1. The Labute approximate surface area is 123 Å². The number of carbonyl (C=O) groups is 1. The molecule has 0 atom stereocenters. The van der Waals surface area contributed by atoms with Crippen molar-refractivity contribution < 1.29 is 9.21 Å².